The van der Waals surface area contributed by atoms with Crippen LogP contribution in [0.1, 0.15) is 38.3 Å². The summed E-state index contributed by atoms with van der Waals surface area (Å²) >= 11 is 3.15. The number of imidazole rings is 1. The lowest BCUT2D eigenvalue weighted by atomic mass is 10.2. The van der Waals surface area contributed by atoms with Crippen molar-refractivity contribution in [1.82, 2.24) is 9.38 Å². The van der Waals surface area contributed by atoms with E-state index in [4.69, 9.17) is 14.0 Å². The Hall–Kier alpha value is -1.11. The third-order valence-corrected chi connectivity index (χ3v) is 9.39. The van der Waals surface area contributed by atoms with Crippen molar-refractivity contribution in [2.75, 3.05) is 19.0 Å². The van der Waals surface area contributed by atoms with Crippen LogP contribution in [0.15, 0.2) is 28.9 Å². The Kier molecular flexibility index (Phi) is 6.49. The quantitative estimate of drug-likeness (QED) is 0.383. The molecule has 0 atom stereocenters. The molecule has 5 nitrogen and oxygen atoms in total. The Labute approximate surface area is 168 Å². The Morgan fingerprint density at radius 1 is 1.22 bits per heavy atom. The second kappa shape index (κ2) is 8.50. The van der Waals surface area contributed by atoms with Gasteiger partial charge >= 0.3 is 7.60 Å². The predicted octanol–water partition coefficient (Wildman–Crippen LogP) is 6.57. The number of benzene rings is 1. The lowest BCUT2D eigenvalue weighted by molar-refractivity contribution is 0.228. The van der Waals surface area contributed by atoms with Gasteiger partial charge in [-0.05, 0) is 51.2 Å². The molecular formula is C19H25N2O3PS2. The normalized spacial score (nSPS) is 13.5. The molecule has 1 aromatic carbocycles. The number of thioether (sulfide) groups is 1. The van der Waals surface area contributed by atoms with Gasteiger partial charge in [0.25, 0.3) is 0 Å². The van der Waals surface area contributed by atoms with Crippen LogP contribution in [-0.4, -0.2) is 28.4 Å². The van der Waals surface area contributed by atoms with E-state index in [0.717, 1.165) is 37.9 Å². The maximum Gasteiger partial charge on any atom is 0.367 e. The van der Waals surface area contributed by atoms with Crippen LogP contribution >= 0.6 is 30.7 Å². The minimum Gasteiger partial charge on any atom is -0.305 e. The van der Waals surface area contributed by atoms with Crippen LogP contribution in [-0.2, 0) is 13.6 Å². The van der Waals surface area contributed by atoms with Crippen LogP contribution in [0.4, 0.5) is 0 Å². The minimum absolute atomic E-state index is 0.343. The summed E-state index contributed by atoms with van der Waals surface area (Å²) < 4.78 is 27.6. The van der Waals surface area contributed by atoms with Crippen molar-refractivity contribution in [3.05, 3.63) is 39.5 Å². The fraction of sp³-hybridized carbons (Fsp3) is 0.421. The third-order valence-electron chi connectivity index (χ3n) is 4.18. The summed E-state index contributed by atoms with van der Waals surface area (Å²) in [4.78, 5) is 6.74. The lowest BCUT2D eigenvalue weighted by Crippen LogP contribution is -2.00. The molecule has 0 saturated heterocycles. The molecule has 0 amide bonds. The van der Waals surface area contributed by atoms with Gasteiger partial charge in [0.15, 0.2) is 4.96 Å². The van der Waals surface area contributed by atoms with E-state index in [2.05, 4.69) is 17.4 Å². The summed E-state index contributed by atoms with van der Waals surface area (Å²) in [5.41, 5.74) is 4.11. The molecule has 2 aromatic heterocycles. The SMILES string of the molecule is CCOP(=O)(OCC)/C(SCC)=C(\C)c1sc2nc3ccccc3n2c1C. The predicted molar refractivity (Wildman–Crippen MR) is 117 cm³/mol. The molecule has 0 aliphatic carbocycles. The molecule has 146 valence electrons. The van der Waals surface area contributed by atoms with E-state index >= 15 is 0 Å². The van der Waals surface area contributed by atoms with E-state index in [9.17, 15) is 4.57 Å². The Morgan fingerprint density at radius 3 is 2.52 bits per heavy atom. The van der Waals surface area contributed by atoms with E-state index < -0.39 is 7.60 Å². The molecule has 0 radical (unpaired) electrons. The van der Waals surface area contributed by atoms with Gasteiger partial charge in [0.2, 0.25) is 0 Å². The zero-order chi connectivity index (χ0) is 19.6. The molecule has 27 heavy (non-hydrogen) atoms. The summed E-state index contributed by atoms with van der Waals surface area (Å²) in [5.74, 6) is 0.793. The minimum atomic E-state index is -3.34. The third kappa shape index (κ3) is 3.76. The monoisotopic (exact) mass is 424 g/mol. The molecule has 0 aliphatic heterocycles. The van der Waals surface area contributed by atoms with Crippen LogP contribution < -0.4 is 0 Å². The number of aromatic nitrogens is 2. The topological polar surface area (TPSA) is 52.8 Å². The first-order valence-corrected chi connectivity index (χ1v) is 12.4. The average molecular weight is 425 g/mol. The van der Waals surface area contributed by atoms with Gasteiger partial charge < -0.3 is 9.05 Å². The van der Waals surface area contributed by atoms with Crippen LogP contribution in [0.3, 0.4) is 0 Å². The number of fused-ring (bicyclic) bond motifs is 3. The van der Waals surface area contributed by atoms with Gasteiger partial charge in [-0.3, -0.25) is 8.97 Å². The molecular weight excluding hydrogens is 399 g/mol. The summed E-state index contributed by atoms with van der Waals surface area (Å²) in [7, 11) is -3.34. The number of allylic oxidation sites excluding steroid dienone is 1. The molecule has 0 saturated carbocycles. The molecule has 8 heteroatoms. The van der Waals surface area contributed by atoms with Crippen molar-refractivity contribution in [3.8, 4) is 0 Å². The van der Waals surface area contributed by atoms with Gasteiger partial charge in [-0.2, -0.15) is 0 Å². The first-order chi connectivity index (χ1) is 13.0. The number of rotatable bonds is 8. The molecule has 3 aromatic rings. The van der Waals surface area contributed by atoms with E-state index in [0.29, 0.717) is 17.9 Å². The second-order valence-corrected chi connectivity index (χ2v) is 10.4. The van der Waals surface area contributed by atoms with Crippen molar-refractivity contribution in [1.29, 1.82) is 0 Å². The summed E-state index contributed by atoms with van der Waals surface area (Å²) in [6.45, 7) is 10.5. The molecule has 0 fully saturated rings. The van der Waals surface area contributed by atoms with Crippen LogP contribution in [0.25, 0.3) is 21.6 Å². The Morgan fingerprint density at radius 2 is 1.89 bits per heavy atom. The molecule has 0 unspecified atom stereocenters. The molecule has 2 heterocycles. The highest BCUT2D eigenvalue weighted by Crippen LogP contribution is 2.63. The first kappa shape index (κ1) is 20.6. The van der Waals surface area contributed by atoms with Gasteiger partial charge in [0, 0.05) is 5.69 Å². The zero-order valence-electron chi connectivity index (χ0n) is 16.3. The molecule has 0 bridgehead atoms. The summed E-state index contributed by atoms with van der Waals surface area (Å²) in [5, 5.41) is 0. The number of hydrogen-bond donors (Lipinski definition) is 0. The molecule has 0 aliphatic rings. The van der Waals surface area contributed by atoms with Crippen molar-refractivity contribution in [3.63, 3.8) is 0 Å². The largest absolute Gasteiger partial charge is 0.367 e. The maximum absolute atomic E-state index is 13.5. The van der Waals surface area contributed by atoms with Crippen LogP contribution in [0.2, 0.25) is 0 Å². The maximum atomic E-state index is 13.5. The lowest BCUT2D eigenvalue weighted by Gasteiger charge is -2.21. The summed E-state index contributed by atoms with van der Waals surface area (Å²) in [6.07, 6.45) is 0. The van der Waals surface area contributed by atoms with Crippen molar-refractivity contribution >= 4 is 52.3 Å². The van der Waals surface area contributed by atoms with Gasteiger partial charge in [0.05, 0.1) is 29.1 Å². The van der Waals surface area contributed by atoms with Crippen LogP contribution in [0, 0.1) is 6.92 Å². The standard InChI is InChI=1S/C19H25N2O3PS2/c1-6-23-25(22,24-7-2)18(26-8-3)13(4)17-14(5)21-16-12-10-9-11-15(16)20-19(21)27-17/h9-12H,6-8H2,1-5H3/b18-13-. The summed E-state index contributed by atoms with van der Waals surface area (Å²) in [6, 6.07) is 8.11. The van der Waals surface area contributed by atoms with Gasteiger partial charge in [-0.25, -0.2) is 4.98 Å². The number of thiazole rings is 1. The van der Waals surface area contributed by atoms with E-state index in [1.165, 1.54) is 11.8 Å². The van der Waals surface area contributed by atoms with Gasteiger partial charge in [0.1, 0.15) is 4.65 Å². The van der Waals surface area contributed by atoms with Crippen molar-refractivity contribution in [2.24, 2.45) is 0 Å². The van der Waals surface area contributed by atoms with E-state index in [1.54, 1.807) is 11.3 Å². The highest BCUT2D eigenvalue weighted by Gasteiger charge is 2.33. The molecule has 3 rings (SSSR count). The zero-order valence-corrected chi connectivity index (χ0v) is 18.8. The molecule has 0 N–H and O–H groups in total. The molecule has 0 spiro atoms. The Bertz CT molecular complexity index is 1030. The number of aryl methyl sites for hydroxylation is 1. The van der Waals surface area contributed by atoms with E-state index in [1.807, 2.05) is 45.9 Å². The fourth-order valence-electron chi connectivity index (χ4n) is 3.13. The second-order valence-electron chi connectivity index (χ2n) is 5.93. The highest BCUT2D eigenvalue weighted by atomic mass is 32.2. The number of hydrogen-bond acceptors (Lipinski definition) is 6. The Balaban J connectivity index is 2.21. The van der Waals surface area contributed by atoms with Crippen molar-refractivity contribution in [2.45, 2.75) is 34.6 Å². The first-order valence-electron chi connectivity index (χ1n) is 9.07. The van der Waals surface area contributed by atoms with Crippen LogP contribution in [0.5, 0.6) is 0 Å². The number of nitrogens with zero attached hydrogens (tertiary/aromatic N) is 2. The van der Waals surface area contributed by atoms with E-state index in [-0.39, 0.29) is 0 Å². The highest BCUT2D eigenvalue weighted by molar-refractivity contribution is 8.10. The fourth-order valence-corrected chi connectivity index (χ4v) is 7.86. The van der Waals surface area contributed by atoms with Crippen molar-refractivity contribution < 1.29 is 13.6 Å². The van der Waals surface area contributed by atoms with Gasteiger partial charge in [-0.1, -0.05) is 30.4 Å². The number of para-hydroxylation sites is 2. The average Bonchev–Trinajstić information content (AvgIpc) is 3.16. The smallest absolute Gasteiger partial charge is 0.305 e. The van der Waals surface area contributed by atoms with Gasteiger partial charge in [-0.15, -0.1) is 11.8 Å².